The molecule has 2 aliphatic rings. The van der Waals surface area contributed by atoms with Gasteiger partial charge in [-0.1, -0.05) is 23.7 Å². The number of hydrogen-bond donors (Lipinski definition) is 2. The summed E-state index contributed by atoms with van der Waals surface area (Å²) in [6.07, 6.45) is 3.05. The predicted molar refractivity (Wildman–Crippen MR) is 118 cm³/mol. The number of benzene rings is 1. The molecule has 1 aromatic heterocycles. The van der Waals surface area contributed by atoms with E-state index in [1.807, 2.05) is 12.1 Å². The lowest BCUT2D eigenvalue weighted by molar-refractivity contribution is -0.125. The van der Waals surface area contributed by atoms with Gasteiger partial charge < -0.3 is 20.4 Å². The van der Waals surface area contributed by atoms with E-state index in [9.17, 15) is 14.4 Å². The number of likely N-dealkylation sites (tertiary alicyclic amines) is 1. The first kappa shape index (κ1) is 21.1. The smallest absolute Gasteiger partial charge is 0.255 e. The van der Waals surface area contributed by atoms with Gasteiger partial charge in [0, 0.05) is 31.4 Å². The molecule has 3 heterocycles. The van der Waals surface area contributed by atoms with Crippen LogP contribution in [0.15, 0.2) is 36.5 Å². The first-order valence-electron chi connectivity index (χ1n) is 10.3. The largest absolute Gasteiger partial charge is 0.359 e. The molecule has 1 unspecified atom stereocenters. The van der Waals surface area contributed by atoms with Crippen LogP contribution in [-0.4, -0.2) is 54.3 Å². The fraction of sp³-hybridized carbons (Fsp3) is 0.364. The van der Waals surface area contributed by atoms with Gasteiger partial charge >= 0.3 is 0 Å². The van der Waals surface area contributed by atoms with Crippen LogP contribution in [0.3, 0.4) is 0 Å². The summed E-state index contributed by atoms with van der Waals surface area (Å²) in [4.78, 5) is 45.5. The lowest BCUT2D eigenvalue weighted by atomic mass is 9.96. The quantitative estimate of drug-likeness (QED) is 0.759. The van der Waals surface area contributed by atoms with Crippen molar-refractivity contribution in [3.63, 3.8) is 0 Å². The van der Waals surface area contributed by atoms with Gasteiger partial charge in [0.15, 0.2) is 5.82 Å². The average Bonchev–Trinajstić information content (AvgIpc) is 2.81. The van der Waals surface area contributed by atoms with E-state index in [0.29, 0.717) is 41.7 Å². The summed E-state index contributed by atoms with van der Waals surface area (Å²) >= 11 is 5.96. The summed E-state index contributed by atoms with van der Waals surface area (Å²) in [5.74, 6) is 0.00908. The summed E-state index contributed by atoms with van der Waals surface area (Å²) in [6.45, 7) is 1.46. The van der Waals surface area contributed by atoms with Gasteiger partial charge in [-0.25, -0.2) is 4.98 Å². The van der Waals surface area contributed by atoms with Gasteiger partial charge in [-0.2, -0.15) is 0 Å². The molecular formula is C22H24ClN5O3. The number of pyridine rings is 1. The number of carbonyl (C=O) groups excluding carboxylic acids is 3. The van der Waals surface area contributed by atoms with E-state index in [1.54, 1.807) is 35.0 Å². The van der Waals surface area contributed by atoms with Gasteiger partial charge in [0.05, 0.1) is 30.3 Å². The monoisotopic (exact) mass is 441 g/mol. The normalized spacial score (nSPS) is 18.3. The van der Waals surface area contributed by atoms with E-state index < -0.39 is 0 Å². The number of aromatic nitrogens is 1. The molecule has 1 aromatic carbocycles. The van der Waals surface area contributed by atoms with Gasteiger partial charge in [0.2, 0.25) is 11.8 Å². The highest BCUT2D eigenvalue weighted by atomic mass is 35.5. The molecule has 162 valence electrons. The third-order valence-electron chi connectivity index (χ3n) is 5.69. The Balaban J connectivity index is 1.58. The summed E-state index contributed by atoms with van der Waals surface area (Å²) in [7, 11) is 1.61. The molecular weight excluding hydrogens is 418 g/mol. The molecule has 4 rings (SSSR count). The molecule has 0 bridgehead atoms. The molecule has 2 N–H and O–H groups in total. The third-order valence-corrected chi connectivity index (χ3v) is 5.95. The molecule has 9 heteroatoms. The lowest BCUT2D eigenvalue weighted by Crippen LogP contribution is -2.45. The zero-order valence-electron chi connectivity index (χ0n) is 17.2. The Labute approximate surface area is 185 Å². The highest BCUT2D eigenvalue weighted by Gasteiger charge is 2.30. The van der Waals surface area contributed by atoms with Crippen LogP contribution in [0.2, 0.25) is 5.02 Å². The first-order chi connectivity index (χ1) is 15.0. The van der Waals surface area contributed by atoms with Crippen molar-refractivity contribution in [3.8, 4) is 0 Å². The molecule has 0 saturated carbocycles. The fourth-order valence-electron chi connectivity index (χ4n) is 4.01. The molecule has 1 atom stereocenters. The summed E-state index contributed by atoms with van der Waals surface area (Å²) in [5, 5.41) is 6.30. The molecule has 0 aliphatic carbocycles. The van der Waals surface area contributed by atoms with Gasteiger partial charge in [0.1, 0.15) is 0 Å². The van der Waals surface area contributed by atoms with Crippen molar-refractivity contribution in [3.05, 3.63) is 52.7 Å². The molecule has 3 amide bonds. The molecule has 8 nitrogen and oxygen atoms in total. The first-order valence-corrected chi connectivity index (χ1v) is 10.6. The van der Waals surface area contributed by atoms with E-state index in [-0.39, 0.29) is 30.2 Å². The number of hydrogen-bond acceptors (Lipinski definition) is 5. The topological polar surface area (TPSA) is 94.6 Å². The highest BCUT2D eigenvalue weighted by molar-refractivity contribution is 6.30. The molecule has 2 aliphatic heterocycles. The summed E-state index contributed by atoms with van der Waals surface area (Å²) < 4.78 is 0. The highest BCUT2D eigenvalue weighted by Crippen LogP contribution is 2.31. The number of amides is 3. The van der Waals surface area contributed by atoms with Gasteiger partial charge in [-0.3, -0.25) is 14.4 Å². The standard InChI is InChI=1S/C22H24ClN5O3/c1-24-21(30)15-3-2-8-27(13-15)22(31)16-9-18-20(25-10-16)26-11-19(29)28(18)12-14-4-6-17(23)7-5-14/h4-7,9-10,15H,2-3,8,11-13H2,1H3,(H,24,30)(H,25,26). The van der Waals surface area contributed by atoms with Crippen LogP contribution in [0.25, 0.3) is 0 Å². The van der Waals surface area contributed by atoms with Crippen molar-refractivity contribution in [1.29, 1.82) is 0 Å². The number of rotatable bonds is 4. The number of nitrogens with one attached hydrogen (secondary N) is 2. The van der Waals surface area contributed by atoms with E-state index in [4.69, 9.17) is 11.6 Å². The van der Waals surface area contributed by atoms with Crippen LogP contribution in [0.4, 0.5) is 11.5 Å². The molecule has 1 fully saturated rings. The minimum absolute atomic E-state index is 0.0509. The van der Waals surface area contributed by atoms with Crippen LogP contribution in [0, 0.1) is 5.92 Å². The van der Waals surface area contributed by atoms with E-state index >= 15 is 0 Å². The van der Waals surface area contributed by atoms with Crippen LogP contribution >= 0.6 is 11.6 Å². The van der Waals surface area contributed by atoms with Crippen molar-refractivity contribution >= 4 is 40.8 Å². The molecule has 1 saturated heterocycles. The van der Waals surface area contributed by atoms with Crippen LogP contribution in [0.1, 0.15) is 28.8 Å². The minimum atomic E-state index is -0.210. The predicted octanol–water partition coefficient (Wildman–Crippen LogP) is 2.29. The number of halogens is 1. The van der Waals surface area contributed by atoms with E-state index in [0.717, 1.165) is 18.4 Å². The maximum atomic E-state index is 13.1. The van der Waals surface area contributed by atoms with Crippen LogP contribution < -0.4 is 15.5 Å². The molecule has 0 spiro atoms. The maximum Gasteiger partial charge on any atom is 0.255 e. The van der Waals surface area contributed by atoms with E-state index in [1.165, 1.54) is 6.20 Å². The second kappa shape index (κ2) is 8.93. The van der Waals surface area contributed by atoms with Gasteiger partial charge in [0.25, 0.3) is 5.91 Å². The Morgan fingerprint density at radius 1 is 1.29 bits per heavy atom. The lowest BCUT2D eigenvalue weighted by Gasteiger charge is -2.33. The van der Waals surface area contributed by atoms with Crippen molar-refractivity contribution in [2.75, 3.05) is 36.9 Å². The molecule has 0 radical (unpaired) electrons. The number of carbonyl (C=O) groups is 3. The maximum absolute atomic E-state index is 13.1. The molecule has 31 heavy (non-hydrogen) atoms. The Kier molecular flexibility index (Phi) is 6.08. The van der Waals surface area contributed by atoms with Gasteiger partial charge in [-0.05, 0) is 36.6 Å². The summed E-state index contributed by atoms with van der Waals surface area (Å²) in [5.41, 5.74) is 1.89. The van der Waals surface area contributed by atoms with Crippen molar-refractivity contribution < 1.29 is 14.4 Å². The zero-order chi connectivity index (χ0) is 22.0. The minimum Gasteiger partial charge on any atom is -0.359 e. The van der Waals surface area contributed by atoms with E-state index in [2.05, 4.69) is 15.6 Å². The second-order valence-corrected chi connectivity index (χ2v) is 8.19. The fourth-order valence-corrected chi connectivity index (χ4v) is 4.14. The van der Waals surface area contributed by atoms with Crippen molar-refractivity contribution in [1.82, 2.24) is 15.2 Å². The SMILES string of the molecule is CNC(=O)C1CCCN(C(=O)c2cnc3c(c2)N(Cc2ccc(Cl)cc2)C(=O)CN3)C1. The Morgan fingerprint density at radius 3 is 2.81 bits per heavy atom. The number of fused-ring (bicyclic) bond motifs is 1. The number of piperidine rings is 1. The number of nitrogens with zero attached hydrogens (tertiary/aromatic N) is 3. The third kappa shape index (κ3) is 4.49. The number of anilines is 2. The van der Waals surface area contributed by atoms with Crippen molar-refractivity contribution in [2.45, 2.75) is 19.4 Å². The van der Waals surface area contributed by atoms with Gasteiger partial charge in [-0.15, -0.1) is 0 Å². The zero-order valence-corrected chi connectivity index (χ0v) is 18.0. The summed E-state index contributed by atoms with van der Waals surface area (Å²) in [6, 6.07) is 9.00. The Bertz CT molecular complexity index is 1010. The second-order valence-electron chi connectivity index (χ2n) is 7.76. The molecule has 2 aromatic rings. The van der Waals surface area contributed by atoms with Crippen LogP contribution in [-0.2, 0) is 16.1 Å². The van der Waals surface area contributed by atoms with Crippen LogP contribution in [0.5, 0.6) is 0 Å². The van der Waals surface area contributed by atoms with Crippen molar-refractivity contribution in [2.24, 2.45) is 5.92 Å². The average molecular weight is 442 g/mol. The Morgan fingerprint density at radius 2 is 2.06 bits per heavy atom. The Hall–Kier alpha value is -3.13.